The number of nitrogens with one attached hydrogen (secondary N) is 2. The number of ether oxygens (including phenoxy) is 3. The van der Waals surface area contributed by atoms with Gasteiger partial charge < -0.3 is 24.8 Å². The van der Waals surface area contributed by atoms with E-state index >= 15 is 0 Å². The van der Waals surface area contributed by atoms with E-state index in [1.54, 1.807) is 5.38 Å². The average Bonchev–Trinajstić information content (AvgIpc) is 3.91. The van der Waals surface area contributed by atoms with Crippen molar-refractivity contribution in [3.8, 4) is 0 Å². The molecular formula is C50H99N5O7S2. The van der Waals surface area contributed by atoms with Gasteiger partial charge in [0.1, 0.15) is 17.3 Å². The molecule has 1 atom stereocenters. The van der Waals surface area contributed by atoms with Crippen LogP contribution >= 0.6 is 24.0 Å². The van der Waals surface area contributed by atoms with Gasteiger partial charge >= 0.3 is 11.9 Å². The number of amides is 2. The molecule has 2 N–H and O–H groups in total. The van der Waals surface area contributed by atoms with Crippen LogP contribution in [0.3, 0.4) is 0 Å². The van der Waals surface area contributed by atoms with Gasteiger partial charge in [0.2, 0.25) is 5.91 Å². The molecule has 0 aliphatic carbocycles. The van der Waals surface area contributed by atoms with Crippen LogP contribution in [0.15, 0.2) is 15.6 Å². The number of esters is 2. The van der Waals surface area contributed by atoms with Crippen molar-refractivity contribution >= 4 is 59.1 Å². The number of aryl methyl sites for hydroxylation is 1. The highest BCUT2D eigenvalue weighted by Crippen LogP contribution is 2.22. The van der Waals surface area contributed by atoms with Gasteiger partial charge in [-0.1, -0.05) is 142 Å². The molecule has 2 aliphatic heterocycles. The zero-order chi connectivity index (χ0) is 50.7. The van der Waals surface area contributed by atoms with E-state index in [1.807, 2.05) is 48.5 Å². The van der Waals surface area contributed by atoms with E-state index in [-0.39, 0.29) is 35.1 Å². The summed E-state index contributed by atoms with van der Waals surface area (Å²) in [5, 5.41) is 16.7. The van der Waals surface area contributed by atoms with Crippen LogP contribution in [0.2, 0.25) is 0 Å². The van der Waals surface area contributed by atoms with Crippen molar-refractivity contribution in [3.63, 3.8) is 0 Å². The van der Waals surface area contributed by atoms with Gasteiger partial charge in [0.15, 0.2) is 0 Å². The second-order valence-corrected chi connectivity index (χ2v) is 18.8. The predicted octanol–water partition coefficient (Wildman–Crippen LogP) is 12.9. The maximum Gasteiger partial charge on any atom is 0.303 e. The van der Waals surface area contributed by atoms with E-state index < -0.39 is 6.04 Å². The lowest BCUT2D eigenvalue weighted by Crippen LogP contribution is -2.49. The van der Waals surface area contributed by atoms with E-state index in [0.29, 0.717) is 30.0 Å². The Hall–Kier alpha value is -2.84. The molecule has 2 amide bonds. The number of thiol groups is 1. The summed E-state index contributed by atoms with van der Waals surface area (Å²) in [6, 6.07) is -0.736. The fraction of sp³-hybridized carbons (Fsp3) is 0.820. The van der Waals surface area contributed by atoms with Gasteiger partial charge in [-0.2, -0.15) is 22.8 Å². The Morgan fingerprint density at radius 3 is 1.66 bits per heavy atom. The zero-order valence-corrected chi connectivity index (χ0v) is 46.4. The Bertz CT molecular complexity index is 1330. The Kier molecular flexibility index (Phi) is 49.7. The number of aromatic nitrogens is 1. The summed E-state index contributed by atoms with van der Waals surface area (Å²) in [4.78, 5) is 49.0. The van der Waals surface area contributed by atoms with Gasteiger partial charge in [-0.25, -0.2) is 4.98 Å². The predicted molar refractivity (Wildman–Crippen MR) is 278 cm³/mol. The minimum atomic E-state index is -0.736. The van der Waals surface area contributed by atoms with Crippen molar-refractivity contribution < 1.29 is 33.4 Å². The van der Waals surface area contributed by atoms with Crippen LogP contribution in [0.1, 0.15) is 218 Å². The fourth-order valence-corrected chi connectivity index (χ4v) is 6.48. The lowest BCUT2D eigenvalue weighted by molar-refractivity contribution is -0.152. The molecule has 1 unspecified atom stereocenters. The lowest BCUT2D eigenvalue weighted by Gasteiger charge is -2.21. The molecule has 1 fully saturated rings. The Balaban J connectivity index is -0.000000271. The summed E-state index contributed by atoms with van der Waals surface area (Å²) in [6.45, 7) is 40.1. The second-order valence-electron chi connectivity index (χ2n) is 17.5. The minimum Gasteiger partial charge on any atom is -0.469 e. The van der Waals surface area contributed by atoms with Crippen molar-refractivity contribution in [1.29, 1.82) is 0 Å². The molecule has 3 heterocycles. The standard InChI is InChI=1S/C19H27N5O3S2.C10H22.C6H12O2.C5H12.C3H6O2.C3H8.2C2H6/c1-2-3-17-21-16(11-29-17)19(26)22-15(10-28)18(25)20-9-13-8-14(24-23-13)12-4-6-27-7-5-12;1-4-7-10(8-5-2)9-6-3;1-5(7)8-6(2,3)4;1-5(2,3)4;1-3(4)5-2;1-3-2;2*1-2/h11-12,15,28H,2-10H2,1H3,(H,20,25)(H,22,26);10H,4-9H2,1-3H3;1-4H3;1-4H3;1-2H3;3H2,1-2H3;2*1-2H3. The molecule has 0 aromatic carbocycles. The first-order valence-electron chi connectivity index (χ1n) is 24.1. The van der Waals surface area contributed by atoms with Crippen LogP contribution in [0.4, 0.5) is 0 Å². The van der Waals surface area contributed by atoms with Crippen molar-refractivity contribution in [2.75, 3.05) is 32.6 Å². The largest absolute Gasteiger partial charge is 0.469 e. The molecule has 0 bridgehead atoms. The van der Waals surface area contributed by atoms with Gasteiger partial charge in [-0.05, 0) is 57.8 Å². The molecule has 1 saturated heterocycles. The molecule has 64 heavy (non-hydrogen) atoms. The highest BCUT2D eigenvalue weighted by molar-refractivity contribution is 7.80. The van der Waals surface area contributed by atoms with Gasteiger partial charge in [-0.15, -0.1) is 11.3 Å². The zero-order valence-electron chi connectivity index (χ0n) is 44.7. The Labute approximate surface area is 402 Å². The molecule has 14 heteroatoms. The Morgan fingerprint density at radius 2 is 1.30 bits per heavy atom. The van der Waals surface area contributed by atoms with Crippen LogP contribution in [0.5, 0.6) is 0 Å². The van der Waals surface area contributed by atoms with Crippen LogP contribution in [0.25, 0.3) is 0 Å². The quantitative estimate of drug-likeness (QED) is 0.116. The number of methoxy groups -OCH3 is 1. The van der Waals surface area contributed by atoms with Gasteiger partial charge in [-0.3, -0.25) is 19.2 Å². The monoisotopic (exact) mass is 946 g/mol. The highest BCUT2D eigenvalue weighted by atomic mass is 32.1. The molecule has 2 aliphatic rings. The topological polar surface area (TPSA) is 158 Å². The van der Waals surface area contributed by atoms with E-state index in [9.17, 15) is 19.2 Å². The Morgan fingerprint density at radius 1 is 0.828 bits per heavy atom. The van der Waals surface area contributed by atoms with Crippen molar-refractivity contribution in [3.05, 3.63) is 16.1 Å². The number of nitrogens with zero attached hydrogens (tertiary/aromatic N) is 3. The number of hydrogen-bond acceptors (Lipinski definition) is 12. The average molecular weight is 947 g/mol. The third-order valence-corrected chi connectivity index (χ3v) is 9.02. The number of carbonyl (C=O) groups excluding carboxylic acids is 4. The first-order chi connectivity index (χ1) is 30.0. The van der Waals surface area contributed by atoms with Gasteiger partial charge in [0, 0.05) is 56.2 Å². The molecule has 0 saturated carbocycles. The normalized spacial score (nSPS) is 13.2. The number of hydrogen-bond donors (Lipinski definition) is 3. The number of thiazole rings is 1. The smallest absolute Gasteiger partial charge is 0.303 e. The molecule has 0 radical (unpaired) electrons. The second kappa shape index (κ2) is 45.3. The summed E-state index contributed by atoms with van der Waals surface area (Å²) in [5.74, 6) is 0.518. The molecule has 378 valence electrons. The highest BCUT2D eigenvalue weighted by Gasteiger charge is 2.26. The molecule has 12 nitrogen and oxygen atoms in total. The van der Waals surface area contributed by atoms with Crippen molar-refractivity contribution in [1.82, 2.24) is 15.6 Å². The lowest BCUT2D eigenvalue weighted by atomic mass is 9.92. The van der Waals surface area contributed by atoms with Crippen LogP contribution in [-0.4, -0.2) is 84.4 Å². The summed E-state index contributed by atoms with van der Waals surface area (Å²) in [6.07, 6.45) is 14.1. The first-order valence-corrected chi connectivity index (χ1v) is 25.6. The summed E-state index contributed by atoms with van der Waals surface area (Å²) >= 11 is 5.67. The van der Waals surface area contributed by atoms with Gasteiger partial charge in [0.25, 0.3) is 5.91 Å². The maximum absolute atomic E-state index is 12.5. The molecule has 1 aromatic heterocycles. The fourth-order valence-electron chi connectivity index (χ4n) is 5.34. The maximum atomic E-state index is 12.5. The SMILES string of the molecule is CC.CC.CC(=O)OC(C)(C)C.CC(C)(C)C.CCC.CCCC(CCC)CCC.CCCc1nc(C(=O)NC(CS)C(=O)NCC2=NN=C(C3CCOCC3)C2)cs1.COC(C)=O. The third-order valence-electron chi connectivity index (χ3n) is 7.75. The van der Waals surface area contributed by atoms with Crippen molar-refractivity contribution in [2.45, 2.75) is 220 Å². The van der Waals surface area contributed by atoms with E-state index in [4.69, 9.17) is 9.47 Å². The van der Waals surface area contributed by atoms with Crippen molar-refractivity contribution in [2.24, 2.45) is 27.5 Å². The minimum absolute atomic E-state index is 0.194. The van der Waals surface area contributed by atoms with E-state index in [0.717, 1.165) is 61.2 Å². The van der Waals surface area contributed by atoms with Crippen LogP contribution in [0, 0.1) is 17.3 Å². The number of carbonyl (C=O) groups is 4. The summed E-state index contributed by atoms with van der Waals surface area (Å²) in [7, 11) is 1.35. The van der Waals surface area contributed by atoms with Crippen LogP contribution < -0.4 is 10.6 Å². The molecule has 1 aromatic rings. The molecule has 0 spiro atoms. The van der Waals surface area contributed by atoms with Gasteiger partial charge in [0.05, 0.1) is 24.4 Å². The molecular weight excluding hydrogens is 847 g/mol. The summed E-state index contributed by atoms with van der Waals surface area (Å²) in [5.41, 5.74) is 2.41. The van der Waals surface area contributed by atoms with E-state index in [1.165, 1.54) is 77.2 Å². The van der Waals surface area contributed by atoms with Crippen LogP contribution in [-0.2, 0) is 35.0 Å². The summed E-state index contributed by atoms with van der Waals surface area (Å²) < 4.78 is 14.3. The molecule has 3 rings (SSSR count). The first kappa shape index (κ1) is 70.2. The number of rotatable bonds is 15. The third kappa shape index (κ3) is 47.1. The van der Waals surface area contributed by atoms with E-state index in [2.05, 4.69) is 112 Å².